The summed E-state index contributed by atoms with van der Waals surface area (Å²) in [6.45, 7) is 5.83. The van der Waals surface area contributed by atoms with E-state index in [-0.39, 0.29) is 24.5 Å². The highest BCUT2D eigenvalue weighted by Gasteiger charge is 2.40. The molecule has 2 heterocycles. The largest absolute Gasteiger partial charge is 0.755 e. The van der Waals surface area contributed by atoms with Crippen LogP contribution in [0.4, 0.5) is 0 Å². The molecule has 0 spiro atoms. The van der Waals surface area contributed by atoms with E-state index in [0.29, 0.717) is 37.2 Å². The Morgan fingerprint density at radius 1 is 1.25 bits per heavy atom. The van der Waals surface area contributed by atoms with Crippen LogP contribution >= 0.6 is 0 Å². The number of carboxylic acids is 1. The molecule has 156 valence electrons. The molecule has 8 nitrogen and oxygen atoms in total. The molecule has 28 heavy (non-hydrogen) atoms. The van der Waals surface area contributed by atoms with E-state index in [2.05, 4.69) is 0 Å². The minimum absolute atomic E-state index is 0.125. The average molecular weight is 412 g/mol. The van der Waals surface area contributed by atoms with Crippen molar-refractivity contribution in [2.24, 2.45) is 11.8 Å². The SMILES string of the molecule is C/C=C1/C(=O)[C@@H](CCC(=O)N2CCC(C(=O)O)CC2)[C@@H](C)N(S(=O)[O-])/C1=C/C. The van der Waals surface area contributed by atoms with Gasteiger partial charge in [0.25, 0.3) is 0 Å². The lowest BCUT2D eigenvalue weighted by Crippen LogP contribution is -2.49. The normalized spacial score (nSPS) is 28.1. The quantitative estimate of drug-likeness (QED) is 0.542. The Kier molecular flexibility index (Phi) is 7.54. The van der Waals surface area contributed by atoms with Crippen LogP contribution in [0.1, 0.15) is 46.5 Å². The second kappa shape index (κ2) is 9.47. The molecule has 0 aromatic carbocycles. The van der Waals surface area contributed by atoms with Gasteiger partial charge in [0.15, 0.2) is 5.78 Å². The van der Waals surface area contributed by atoms with Crippen molar-refractivity contribution in [2.75, 3.05) is 13.1 Å². The lowest BCUT2D eigenvalue weighted by atomic mass is 9.82. The summed E-state index contributed by atoms with van der Waals surface area (Å²) in [7, 11) is 0. The molecule has 0 bridgehead atoms. The van der Waals surface area contributed by atoms with E-state index >= 15 is 0 Å². The Labute approximate surface area is 167 Å². The number of carboxylic acid groups (broad SMARTS) is 1. The predicted molar refractivity (Wildman–Crippen MR) is 102 cm³/mol. The third-order valence-corrected chi connectivity index (χ3v) is 6.51. The molecule has 1 unspecified atom stereocenters. The Balaban J connectivity index is 2.06. The molecule has 2 fully saturated rings. The molecule has 0 saturated carbocycles. The molecular weight excluding hydrogens is 384 g/mol. The highest BCUT2D eigenvalue weighted by atomic mass is 32.2. The number of carbonyl (C=O) groups excluding carboxylic acids is 2. The summed E-state index contributed by atoms with van der Waals surface area (Å²) in [5, 5.41) is 9.05. The minimum Gasteiger partial charge on any atom is -0.755 e. The van der Waals surface area contributed by atoms with Gasteiger partial charge in [-0.3, -0.25) is 22.9 Å². The third kappa shape index (κ3) is 4.52. The molecule has 2 rings (SSSR count). The molecule has 2 aliphatic rings. The molecular formula is C19H27N2O6S-. The lowest BCUT2D eigenvalue weighted by Gasteiger charge is -2.43. The summed E-state index contributed by atoms with van der Waals surface area (Å²) in [4.78, 5) is 38.1. The van der Waals surface area contributed by atoms with Crippen molar-refractivity contribution >= 4 is 28.9 Å². The first-order valence-electron chi connectivity index (χ1n) is 9.49. The Bertz CT molecular complexity index is 724. The third-order valence-electron chi connectivity index (χ3n) is 5.66. The number of ketones is 1. The van der Waals surface area contributed by atoms with Crippen molar-refractivity contribution in [1.29, 1.82) is 0 Å². The van der Waals surface area contributed by atoms with Gasteiger partial charge in [-0.05, 0) is 40.0 Å². The van der Waals surface area contributed by atoms with Gasteiger partial charge in [-0.25, -0.2) is 0 Å². The fourth-order valence-electron chi connectivity index (χ4n) is 4.02. The van der Waals surface area contributed by atoms with Gasteiger partial charge in [-0.2, -0.15) is 0 Å². The first-order chi connectivity index (χ1) is 13.2. The lowest BCUT2D eigenvalue weighted by molar-refractivity contribution is -0.145. The summed E-state index contributed by atoms with van der Waals surface area (Å²) < 4.78 is 24.7. The Hall–Kier alpha value is -2.00. The number of aliphatic carboxylic acids is 1. The van der Waals surface area contributed by atoms with E-state index in [4.69, 9.17) is 5.11 Å². The number of nitrogens with zero attached hydrogens (tertiary/aromatic N) is 2. The van der Waals surface area contributed by atoms with Crippen molar-refractivity contribution in [2.45, 2.75) is 52.5 Å². The van der Waals surface area contributed by atoms with Crippen LogP contribution in [-0.2, 0) is 25.7 Å². The van der Waals surface area contributed by atoms with E-state index in [0.717, 1.165) is 0 Å². The molecule has 9 heteroatoms. The maximum absolute atomic E-state index is 12.9. The van der Waals surface area contributed by atoms with Gasteiger partial charge < -0.3 is 14.6 Å². The predicted octanol–water partition coefficient (Wildman–Crippen LogP) is 1.62. The number of hydrogen-bond donors (Lipinski definition) is 1. The number of Topliss-reactive ketones (excluding diaryl/α,β-unsaturated/α-hetero) is 1. The maximum Gasteiger partial charge on any atom is 0.306 e. The molecule has 3 atom stereocenters. The van der Waals surface area contributed by atoms with Gasteiger partial charge >= 0.3 is 5.97 Å². The fourth-order valence-corrected chi connectivity index (χ4v) is 4.80. The van der Waals surface area contributed by atoms with Gasteiger partial charge in [-0.1, -0.05) is 12.2 Å². The van der Waals surface area contributed by atoms with Gasteiger partial charge in [0, 0.05) is 48.3 Å². The Morgan fingerprint density at radius 2 is 1.86 bits per heavy atom. The van der Waals surface area contributed by atoms with Gasteiger partial charge in [0.2, 0.25) is 5.91 Å². The summed E-state index contributed by atoms with van der Waals surface area (Å²) in [5.41, 5.74) is 0.719. The van der Waals surface area contributed by atoms with Crippen molar-refractivity contribution in [1.82, 2.24) is 9.21 Å². The van der Waals surface area contributed by atoms with E-state index < -0.39 is 35.1 Å². The van der Waals surface area contributed by atoms with Crippen molar-refractivity contribution in [3.63, 3.8) is 0 Å². The maximum atomic E-state index is 12.9. The monoisotopic (exact) mass is 411 g/mol. The van der Waals surface area contributed by atoms with E-state index in [1.807, 2.05) is 0 Å². The second-order valence-electron chi connectivity index (χ2n) is 7.16. The van der Waals surface area contributed by atoms with E-state index in [1.165, 1.54) is 4.31 Å². The first kappa shape index (κ1) is 22.3. The first-order valence-corrected chi connectivity index (χ1v) is 10.5. The van der Waals surface area contributed by atoms with Crippen LogP contribution in [0.5, 0.6) is 0 Å². The van der Waals surface area contributed by atoms with Crippen LogP contribution in [-0.4, -0.2) is 59.9 Å². The Morgan fingerprint density at radius 3 is 2.32 bits per heavy atom. The van der Waals surface area contributed by atoms with Crippen molar-refractivity contribution < 1.29 is 28.3 Å². The molecule has 2 aliphatic heterocycles. The molecule has 2 saturated heterocycles. The van der Waals surface area contributed by atoms with E-state index in [9.17, 15) is 23.1 Å². The fraction of sp³-hybridized carbons (Fsp3) is 0.632. The zero-order chi connectivity index (χ0) is 21.0. The number of amides is 1. The summed E-state index contributed by atoms with van der Waals surface area (Å²) in [6, 6.07) is -0.578. The zero-order valence-corrected chi connectivity index (χ0v) is 17.2. The van der Waals surface area contributed by atoms with Crippen molar-refractivity contribution in [3.8, 4) is 0 Å². The van der Waals surface area contributed by atoms with Crippen LogP contribution in [0.15, 0.2) is 23.4 Å². The average Bonchev–Trinajstić information content (AvgIpc) is 2.66. The summed E-state index contributed by atoms with van der Waals surface area (Å²) in [5.74, 6) is -2.13. The van der Waals surface area contributed by atoms with Crippen LogP contribution < -0.4 is 0 Å². The van der Waals surface area contributed by atoms with Gasteiger partial charge in [0.1, 0.15) is 0 Å². The minimum atomic E-state index is -2.53. The number of hydrogen-bond acceptors (Lipinski definition) is 5. The molecule has 0 aromatic rings. The molecule has 0 aromatic heterocycles. The smallest absolute Gasteiger partial charge is 0.306 e. The molecule has 1 N–H and O–H groups in total. The molecule has 0 aliphatic carbocycles. The number of allylic oxidation sites excluding steroid dienone is 3. The van der Waals surface area contributed by atoms with Gasteiger partial charge in [-0.15, -0.1) is 0 Å². The topological polar surface area (TPSA) is 118 Å². The molecule has 1 amide bonds. The van der Waals surface area contributed by atoms with Crippen molar-refractivity contribution in [3.05, 3.63) is 23.4 Å². The van der Waals surface area contributed by atoms with Gasteiger partial charge in [0.05, 0.1) is 11.6 Å². The number of carbonyl (C=O) groups is 3. The van der Waals surface area contributed by atoms with E-state index in [1.54, 1.807) is 37.8 Å². The van der Waals surface area contributed by atoms with Crippen LogP contribution in [0.25, 0.3) is 0 Å². The number of likely N-dealkylation sites (tertiary alicyclic amines) is 1. The summed E-state index contributed by atoms with van der Waals surface area (Å²) in [6.07, 6.45) is 4.44. The molecule has 0 radical (unpaired) electrons. The highest BCUT2D eigenvalue weighted by Crippen LogP contribution is 2.35. The second-order valence-corrected chi connectivity index (χ2v) is 7.99. The number of rotatable bonds is 5. The standard InChI is InChI=1S/C19H28N2O6S/c1-4-14-16(5-2)21(28(26)27)12(3)15(18(14)23)6-7-17(22)20-10-8-13(9-11-20)19(24)25/h4-5,12-13,15H,6-11H2,1-3H3,(H,24,25)(H,26,27)/p-1/b14-4+,16-5+/t12-,15+/m1/s1. The van der Waals surface area contributed by atoms with Crippen LogP contribution in [0.3, 0.4) is 0 Å². The number of piperidine rings is 2. The highest BCUT2D eigenvalue weighted by molar-refractivity contribution is 7.76. The zero-order valence-electron chi connectivity index (χ0n) is 16.4. The summed E-state index contributed by atoms with van der Waals surface area (Å²) >= 11 is -2.53. The van der Waals surface area contributed by atoms with Crippen LogP contribution in [0, 0.1) is 11.8 Å². The van der Waals surface area contributed by atoms with Crippen LogP contribution in [0.2, 0.25) is 0 Å².